The van der Waals surface area contributed by atoms with Gasteiger partial charge < -0.3 is 24.0 Å². The Kier molecular flexibility index (Phi) is 4.84. The van der Waals surface area contributed by atoms with Crippen LogP contribution >= 0.6 is 0 Å². The Hall–Kier alpha value is -3.92. The van der Waals surface area contributed by atoms with E-state index in [0.29, 0.717) is 11.6 Å². The van der Waals surface area contributed by atoms with E-state index in [1.54, 1.807) is 9.25 Å². The van der Waals surface area contributed by atoms with Gasteiger partial charge in [-0.25, -0.2) is 4.98 Å². The van der Waals surface area contributed by atoms with Gasteiger partial charge in [0.05, 0.1) is 53.7 Å². The number of nitrogens with zero attached hydrogens (tertiary/aromatic N) is 8. The smallest absolute Gasteiger partial charge is 0.253 e. The highest BCUT2D eigenvalue weighted by atomic mass is 16.5. The van der Waals surface area contributed by atoms with E-state index in [0.717, 1.165) is 77.8 Å². The van der Waals surface area contributed by atoms with Crippen molar-refractivity contribution in [3.05, 3.63) is 52.7 Å². The van der Waals surface area contributed by atoms with Crippen molar-refractivity contribution >= 4 is 33.9 Å². The quantitative estimate of drug-likeness (QED) is 0.426. The van der Waals surface area contributed by atoms with Gasteiger partial charge in [-0.3, -0.25) is 14.5 Å². The van der Waals surface area contributed by atoms with Crippen LogP contribution in [0.1, 0.15) is 12.0 Å². The maximum Gasteiger partial charge on any atom is 0.253 e. The third-order valence-corrected chi connectivity index (χ3v) is 8.04. The Morgan fingerprint density at radius 3 is 2.65 bits per heavy atom. The Morgan fingerprint density at radius 2 is 1.92 bits per heavy atom. The van der Waals surface area contributed by atoms with Gasteiger partial charge in [0.1, 0.15) is 11.6 Å². The molecule has 3 aliphatic rings. The van der Waals surface area contributed by atoms with Gasteiger partial charge in [0.25, 0.3) is 5.56 Å². The number of morpholine rings is 1. The molecule has 10 heteroatoms. The molecule has 7 rings (SSSR count). The summed E-state index contributed by atoms with van der Waals surface area (Å²) in [6.07, 6.45) is 7.04. The van der Waals surface area contributed by atoms with Crippen LogP contribution in [0.5, 0.6) is 0 Å². The van der Waals surface area contributed by atoms with Crippen molar-refractivity contribution in [2.45, 2.75) is 25.5 Å². The van der Waals surface area contributed by atoms with Crippen molar-refractivity contribution in [3.63, 3.8) is 0 Å². The number of ether oxygens (including phenoxy) is 1. The van der Waals surface area contributed by atoms with Crippen LogP contribution < -0.4 is 20.3 Å². The summed E-state index contributed by atoms with van der Waals surface area (Å²) in [7, 11) is 5.87. The second kappa shape index (κ2) is 8.04. The lowest BCUT2D eigenvalue weighted by Crippen LogP contribution is -2.39. The molecule has 3 aliphatic heterocycles. The largest absolute Gasteiger partial charge is 0.374 e. The van der Waals surface area contributed by atoms with Crippen LogP contribution in [0.3, 0.4) is 0 Å². The van der Waals surface area contributed by atoms with Crippen LogP contribution in [0.15, 0.2) is 41.6 Å². The summed E-state index contributed by atoms with van der Waals surface area (Å²) >= 11 is 0. The average molecular weight is 499 g/mol. The van der Waals surface area contributed by atoms with E-state index in [-0.39, 0.29) is 11.7 Å². The van der Waals surface area contributed by atoms with Crippen LogP contribution in [-0.4, -0.2) is 69.8 Å². The topological polar surface area (TPSA) is 84.5 Å². The summed E-state index contributed by atoms with van der Waals surface area (Å²) in [5, 5.41) is 5.28. The zero-order valence-electron chi connectivity index (χ0n) is 21.5. The van der Waals surface area contributed by atoms with Crippen LogP contribution in [0, 0.1) is 6.92 Å². The van der Waals surface area contributed by atoms with Gasteiger partial charge in [-0.1, -0.05) is 0 Å². The van der Waals surface area contributed by atoms with E-state index in [4.69, 9.17) is 14.7 Å². The normalized spacial score (nSPS) is 20.8. The predicted octanol–water partition coefficient (Wildman–Crippen LogP) is 2.60. The molecule has 0 amide bonds. The summed E-state index contributed by atoms with van der Waals surface area (Å²) in [6.45, 7) is 5.03. The number of hydrogen-bond donors (Lipinski definition) is 0. The number of anilines is 4. The van der Waals surface area contributed by atoms with Crippen LogP contribution in [-0.2, 0) is 18.8 Å². The van der Waals surface area contributed by atoms with Gasteiger partial charge in [0.2, 0.25) is 0 Å². The van der Waals surface area contributed by atoms with Crippen molar-refractivity contribution in [1.82, 2.24) is 24.3 Å². The van der Waals surface area contributed by atoms with Crippen molar-refractivity contribution in [3.8, 4) is 11.3 Å². The van der Waals surface area contributed by atoms with E-state index < -0.39 is 0 Å². The number of fused-ring (bicyclic) bond motifs is 4. The molecule has 0 unspecified atom stereocenters. The molecule has 37 heavy (non-hydrogen) atoms. The Bertz CT molecular complexity index is 1610. The van der Waals surface area contributed by atoms with Crippen molar-refractivity contribution in [2.24, 2.45) is 14.1 Å². The molecule has 2 fully saturated rings. The van der Waals surface area contributed by atoms with Gasteiger partial charge in [0, 0.05) is 69.6 Å². The zero-order chi connectivity index (χ0) is 25.4. The molecule has 0 N–H and O–H groups in total. The number of aromatic nitrogens is 5. The number of likely N-dealkylation sites (N-methyl/N-ethyl adjacent to an activating group) is 1. The van der Waals surface area contributed by atoms with Crippen molar-refractivity contribution < 1.29 is 4.74 Å². The minimum atomic E-state index is 0.0171. The molecular weight excluding hydrogens is 468 g/mol. The summed E-state index contributed by atoms with van der Waals surface area (Å²) in [5.41, 5.74) is 5.58. The fourth-order valence-electron chi connectivity index (χ4n) is 5.99. The van der Waals surface area contributed by atoms with Crippen LogP contribution in [0.2, 0.25) is 0 Å². The van der Waals surface area contributed by atoms with E-state index in [2.05, 4.69) is 39.0 Å². The molecule has 2 atom stereocenters. The minimum Gasteiger partial charge on any atom is -0.374 e. The molecule has 4 aromatic heterocycles. The second-order valence-electron chi connectivity index (χ2n) is 10.5. The van der Waals surface area contributed by atoms with Gasteiger partial charge in [-0.2, -0.15) is 5.10 Å². The summed E-state index contributed by atoms with van der Waals surface area (Å²) in [5.74, 6) is 1.76. The first-order valence-corrected chi connectivity index (χ1v) is 12.7. The van der Waals surface area contributed by atoms with Gasteiger partial charge in [0.15, 0.2) is 0 Å². The summed E-state index contributed by atoms with van der Waals surface area (Å²) < 4.78 is 9.39. The van der Waals surface area contributed by atoms with Gasteiger partial charge in [-0.05, 0) is 25.5 Å². The van der Waals surface area contributed by atoms with E-state index >= 15 is 0 Å². The number of rotatable bonds is 3. The Labute approximate surface area is 214 Å². The molecule has 4 aromatic rings. The molecule has 0 saturated carbocycles. The van der Waals surface area contributed by atoms with Crippen LogP contribution in [0.4, 0.5) is 23.0 Å². The maximum atomic E-state index is 12.9. The molecular formula is C27H30N8O2. The average Bonchev–Trinajstić information content (AvgIpc) is 3.65. The van der Waals surface area contributed by atoms with Crippen molar-refractivity contribution in [2.75, 3.05) is 48.0 Å². The lowest BCUT2D eigenvalue weighted by Gasteiger charge is -2.37. The lowest BCUT2D eigenvalue weighted by molar-refractivity contribution is 0.0989. The Morgan fingerprint density at radius 1 is 1.05 bits per heavy atom. The third kappa shape index (κ3) is 3.42. The molecule has 0 spiro atoms. The lowest BCUT2D eigenvalue weighted by atomic mass is 10.1. The first kappa shape index (κ1) is 22.3. The van der Waals surface area contributed by atoms with Gasteiger partial charge in [-0.15, -0.1) is 0 Å². The molecule has 2 saturated heterocycles. The zero-order valence-corrected chi connectivity index (χ0v) is 21.5. The fraction of sp³-hybridized carbons (Fsp3) is 0.407. The maximum absolute atomic E-state index is 12.9. The van der Waals surface area contributed by atoms with Gasteiger partial charge >= 0.3 is 0 Å². The molecule has 0 radical (unpaired) electrons. The summed E-state index contributed by atoms with van der Waals surface area (Å²) in [6, 6.07) is 6.51. The van der Waals surface area contributed by atoms with E-state index in [1.807, 2.05) is 45.7 Å². The first-order valence-electron chi connectivity index (χ1n) is 12.7. The fourth-order valence-corrected chi connectivity index (χ4v) is 5.99. The molecule has 2 bridgehead atoms. The van der Waals surface area contributed by atoms with E-state index in [1.165, 1.54) is 0 Å². The highest BCUT2D eigenvalue weighted by Crippen LogP contribution is 2.42. The van der Waals surface area contributed by atoms with E-state index in [9.17, 15) is 4.79 Å². The molecule has 190 valence electrons. The number of hydrogen-bond acceptors (Lipinski definition) is 8. The third-order valence-electron chi connectivity index (χ3n) is 8.04. The Balaban J connectivity index is 1.41. The minimum absolute atomic E-state index is 0.0171. The predicted molar refractivity (Wildman–Crippen MR) is 144 cm³/mol. The summed E-state index contributed by atoms with van der Waals surface area (Å²) in [4.78, 5) is 29.9. The standard InChI is InChI=1S/C27H30N8O2/c1-16-7-20-22(33(4)27(16)36)10-25(35-14-19-8-18(35)15-37-19)30-26(20)34-6-5-31(2)23-9-21(28-12-24(23)34)17-11-29-32(3)13-17/h7,9-13,18-19H,5-6,8,14-15H2,1-4H3/t18-,19-/m0/s1. The number of aryl methyl sites for hydroxylation is 3. The highest BCUT2D eigenvalue weighted by Gasteiger charge is 2.40. The first-order chi connectivity index (χ1) is 17.9. The van der Waals surface area contributed by atoms with Crippen molar-refractivity contribution in [1.29, 1.82) is 0 Å². The highest BCUT2D eigenvalue weighted by molar-refractivity contribution is 5.96. The van der Waals surface area contributed by atoms with Crippen LogP contribution in [0.25, 0.3) is 22.2 Å². The molecule has 0 aliphatic carbocycles. The molecule has 10 nitrogen and oxygen atoms in total. The monoisotopic (exact) mass is 498 g/mol. The molecule has 0 aromatic carbocycles. The SMILES string of the molecule is Cc1cc2c(N3CCN(C)c4cc(-c5cnn(C)c5)ncc43)nc(N3C[C@@H]4C[C@H]3CO4)cc2n(C)c1=O. The number of pyridine rings is 3. The second-order valence-corrected chi connectivity index (χ2v) is 10.5. The molecule has 7 heterocycles.